The summed E-state index contributed by atoms with van der Waals surface area (Å²) >= 11 is 0. The van der Waals surface area contributed by atoms with E-state index in [1.807, 2.05) is 0 Å². The van der Waals surface area contributed by atoms with E-state index in [4.69, 9.17) is 9.97 Å². The number of alkyl halides is 2. The zero-order valence-corrected chi connectivity index (χ0v) is 22.3. The van der Waals surface area contributed by atoms with Gasteiger partial charge in [0.15, 0.2) is 11.3 Å². The van der Waals surface area contributed by atoms with Gasteiger partial charge in [0, 0.05) is 43.4 Å². The Morgan fingerprint density at radius 1 is 1.21 bits per heavy atom. The van der Waals surface area contributed by atoms with Crippen LogP contribution in [0, 0.1) is 6.92 Å². The van der Waals surface area contributed by atoms with Crippen molar-refractivity contribution in [1.29, 1.82) is 0 Å². The number of H-pyrrole nitrogens is 1. The first-order valence-electron chi connectivity index (χ1n) is 13.4. The number of carbonyl (C=O) groups is 1. The molecular weight excluding hydrogens is 506 g/mol. The molecule has 4 aromatic heterocycles. The number of fused-ring (bicyclic) bond motifs is 2. The van der Waals surface area contributed by atoms with E-state index in [9.17, 15) is 13.6 Å². The number of aromatic nitrogens is 7. The number of aromatic amines is 1. The van der Waals surface area contributed by atoms with Crippen LogP contribution >= 0.6 is 0 Å². The van der Waals surface area contributed by atoms with Crippen LogP contribution in [0.25, 0.3) is 33.6 Å². The van der Waals surface area contributed by atoms with Crippen molar-refractivity contribution >= 4 is 40.0 Å². The smallest absolute Gasteiger partial charge is 0.256 e. The van der Waals surface area contributed by atoms with E-state index in [0.29, 0.717) is 52.2 Å². The van der Waals surface area contributed by atoms with Crippen molar-refractivity contribution < 1.29 is 13.6 Å². The van der Waals surface area contributed by atoms with Crippen LogP contribution in [0.1, 0.15) is 51.3 Å². The van der Waals surface area contributed by atoms with Gasteiger partial charge < -0.3 is 25.1 Å². The van der Waals surface area contributed by atoms with Gasteiger partial charge in [-0.05, 0) is 46.0 Å². The summed E-state index contributed by atoms with van der Waals surface area (Å²) in [6.45, 7) is 4.23. The Labute approximate surface area is 223 Å². The van der Waals surface area contributed by atoms with E-state index >= 15 is 0 Å². The van der Waals surface area contributed by atoms with Gasteiger partial charge in [0.2, 0.25) is 11.9 Å². The molecule has 39 heavy (non-hydrogen) atoms. The molecule has 0 radical (unpaired) electrons. The Morgan fingerprint density at radius 3 is 2.69 bits per heavy atom. The average Bonchev–Trinajstić information content (AvgIpc) is 3.62. The van der Waals surface area contributed by atoms with Crippen molar-refractivity contribution in [3.8, 4) is 11.3 Å². The number of nitrogens with zero attached hydrogens (tertiary/aromatic N) is 7. The summed E-state index contributed by atoms with van der Waals surface area (Å²) in [5, 5.41) is 7.38. The quantitative estimate of drug-likeness (QED) is 0.321. The Balaban J connectivity index is 1.26. The molecule has 5 heterocycles. The van der Waals surface area contributed by atoms with E-state index in [2.05, 4.69) is 42.4 Å². The molecule has 6 rings (SSSR count). The highest BCUT2D eigenvalue weighted by atomic mass is 19.3. The molecule has 0 atom stereocenters. The van der Waals surface area contributed by atoms with Gasteiger partial charge in [-0.15, -0.1) is 0 Å². The van der Waals surface area contributed by atoms with Crippen LogP contribution < -0.4 is 10.6 Å². The number of hydrogen-bond donors (Lipinski definition) is 3. The zero-order chi connectivity index (χ0) is 27.3. The second-order valence-corrected chi connectivity index (χ2v) is 10.7. The van der Waals surface area contributed by atoms with E-state index in [-0.39, 0.29) is 17.5 Å². The molecule has 2 aliphatic rings. The molecule has 1 aliphatic carbocycles. The van der Waals surface area contributed by atoms with Gasteiger partial charge in [-0.25, -0.2) is 23.7 Å². The molecule has 1 aliphatic heterocycles. The minimum atomic E-state index is -2.53. The third-order valence-electron chi connectivity index (χ3n) is 8.14. The minimum Gasteiger partial charge on any atom is -0.372 e. The van der Waals surface area contributed by atoms with Crippen molar-refractivity contribution in [3.05, 3.63) is 18.2 Å². The number of likely N-dealkylation sites (tertiary alicyclic amines) is 1. The van der Waals surface area contributed by atoms with Crippen LogP contribution in [0.15, 0.2) is 12.4 Å². The SMILES string of the molecule is CNc1nc(N[C@H]2CC[C@](C)(N3CCCC3=O)CC2)nc2[nH]cc(-c3cnc4nc(C)n(CC(F)F)c4n3)c12. The first-order chi connectivity index (χ1) is 18.8. The summed E-state index contributed by atoms with van der Waals surface area (Å²) in [5.74, 6) is 1.84. The predicted octanol–water partition coefficient (Wildman–Crippen LogP) is 4.12. The maximum absolute atomic E-state index is 13.2. The predicted molar refractivity (Wildman–Crippen MR) is 144 cm³/mol. The maximum atomic E-state index is 13.2. The molecule has 0 unspecified atom stereocenters. The van der Waals surface area contributed by atoms with E-state index in [1.54, 1.807) is 26.4 Å². The standard InChI is InChI=1S/C26H32F2N10O/c1-14-32-23-24(37(14)13-18(27)28)34-17(12-31-23)16-11-30-22-20(16)21(29-3)35-25(36-22)33-15-6-8-26(2,9-7-15)38-10-4-5-19(38)39/h11-12,15,18H,4-10,13H2,1-3H3,(H3,29,30,33,35,36)/t15-,26-. The number of rotatable bonds is 7. The summed E-state index contributed by atoms with van der Waals surface area (Å²) in [6, 6.07) is 0.207. The first-order valence-corrected chi connectivity index (χ1v) is 13.4. The number of imidazole rings is 1. The zero-order valence-electron chi connectivity index (χ0n) is 22.3. The number of aryl methyl sites for hydroxylation is 1. The number of nitrogens with one attached hydrogen (secondary N) is 3. The Kier molecular flexibility index (Phi) is 6.31. The van der Waals surface area contributed by atoms with Gasteiger partial charge in [0.1, 0.15) is 17.3 Å². The van der Waals surface area contributed by atoms with Crippen molar-refractivity contribution in [2.45, 2.75) is 76.9 Å². The Hall–Kier alpha value is -3.90. The van der Waals surface area contributed by atoms with Crippen molar-refractivity contribution in [2.24, 2.45) is 0 Å². The molecule has 4 aromatic rings. The molecule has 1 saturated carbocycles. The summed E-state index contributed by atoms with van der Waals surface area (Å²) in [5.41, 5.74) is 2.39. The third kappa shape index (κ3) is 4.53. The Morgan fingerprint density at radius 2 is 2.00 bits per heavy atom. The number of hydrogen-bond acceptors (Lipinski definition) is 8. The lowest BCUT2D eigenvalue weighted by molar-refractivity contribution is -0.133. The molecule has 0 aromatic carbocycles. The number of carbonyl (C=O) groups excluding carboxylic acids is 1. The second-order valence-electron chi connectivity index (χ2n) is 10.7. The summed E-state index contributed by atoms with van der Waals surface area (Å²) < 4.78 is 27.7. The lowest BCUT2D eigenvalue weighted by Gasteiger charge is -2.44. The fourth-order valence-electron chi connectivity index (χ4n) is 6.02. The number of halogens is 2. The highest BCUT2D eigenvalue weighted by molar-refractivity contribution is 6.01. The molecule has 206 valence electrons. The van der Waals surface area contributed by atoms with E-state index in [0.717, 1.165) is 44.0 Å². The molecule has 1 amide bonds. The second kappa shape index (κ2) is 9.69. The average molecular weight is 539 g/mol. The molecule has 11 nitrogen and oxygen atoms in total. The maximum Gasteiger partial charge on any atom is 0.256 e. The van der Waals surface area contributed by atoms with Gasteiger partial charge in [-0.2, -0.15) is 9.97 Å². The summed E-state index contributed by atoms with van der Waals surface area (Å²) in [6.07, 6.45) is 6.17. The molecule has 3 N–H and O–H groups in total. The molecule has 0 bridgehead atoms. The van der Waals surface area contributed by atoms with Gasteiger partial charge in [0.05, 0.1) is 23.8 Å². The van der Waals surface area contributed by atoms with Crippen LogP contribution in [0.3, 0.4) is 0 Å². The fourth-order valence-corrected chi connectivity index (χ4v) is 6.02. The van der Waals surface area contributed by atoms with Crippen LogP contribution in [0.4, 0.5) is 20.5 Å². The summed E-state index contributed by atoms with van der Waals surface area (Å²) in [7, 11) is 1.79. The highest BCUT2D eigenvalue weighted by Gasteiger charge is 2.40. The molecule has 13 heteroatoms. The number of anilines is 2. The minimum absolute atomic E-state index is 0.0769. The van der Waals surface area contributed by atoms with E-state index < -0.39 is 13.0 Å². The van der Waals surface area contributed by atoms with Crippen molar-refractivity contribution in [2.75, 3.05) is 24.2 Å². The lowest BCUT2D eigenvalue weighted by Crippen LogP contribution is -2.50. The fraction of sp³-hybridized carbons (Fsp3) is 0.538. The highest BCUT2D eigenvalue weighted by Crippen LogP contribution is 2.38. The van der Waals surface area contributed by atoms with Crippen LogP contribution in [0.2, 0.25) is 0 Å². The molecule has 1 saturated heterocycles. The number of amides is 1. The third-order valence-corrected chi connectivity index (χ3v) is 8.14. The summed E-state index contributed by atoms with van der Waals surface area (Å²) in [4.78, 5) is 40.4. The van der Waals surface area contributed by atoms with Crippen LogP contribution in [-0.4, -0.2) is 76.9 Å². The van der Waals surface area contributed by atoms with Gasteiger partial charge in [-0.1, -0.05) is 0 Å². The molecule has 2 fully saturated rings. The normalized spacial score (nSPS) is 21.9. The molecular formula is C26H32F2N10O. The van der Waals surface area contributed by atoms with Gasteiger partial charge in [0.25, 0.3) is 6.43 Å². The van der Waals surface area contributed by atoms with Crippen LogP contribution in [0.5, 0.6) is 0 Å². The Bertz CT molecular complexity index is 1540. The van der Waals surface area contributed by atoms with Gasteiger partial charge >= 0.3 is 0 Å². The van der Waals surface area contributed by atoms with E-state index in [1.165, 1.54) is 4.57 Å². The molecule has 0 spiro atoms. The van der Waals surface area contributed by atoms with Crippen molar-refractivity contribution in [3.63, 3.8) is 0 Å². The topological polar surface area (TPSA) is 130 Å². The monoisotopic (exact) mass is 538 g/mol. The van der Waals surface area contributed by atoms with Gasteiger partial charge in [-0.3, -0.25) is 4.79 Å². The first kappa shape index (κ1) is 25.4. The van der Waals surface area contributed by atoms with Crippen molar-refractivity contribution in [1.82, 2.24) is 39.4 Å². The largest absolute Gasteiger partial charge is 0.372 e. The van der Waals surface area contributed by atoms with Crippen LogP contribution in [-0.2, 0) is 11.3 Å². The lowest BCUT2D eigenvalue weighted by atomic mass is 9.79.